The predicted octanol–water partition coefficient (Wildman–Crippen LogP) is 7.20. The van der Waals surface area contributed by atoms with Crippen molar-refractivity contribution in [2.75, 3.05) is 27.2 Å². The van der Waals surface area contributed by atoms with E-state index in [-0.39, 0.29) is 5.97 Å². The third-order valence-electron chi connectivity index (χ3n) is 8.30. The molecule has 7 heteroatoms. The summed E-state index contributed by atoms with van der Waals surface area (Å²) < 4.78 is 7.16. The second-order valence-electron chi connectivity index (χ2n) is 11.1. The largest absolute Gasteiger partial charge is 0.465 e. The normalized spacial score (nSPS) is 17.2. The second-order valence-corrected chi connectivity index (χ2v) is 12.1. The first-order valence-electron chi connectivity index (χ1n) is 14.0. The lowest BCUT2D eigenvalue weighted by Crippen LogP contribution is -2.31. The monoisotopic (exact) mass is 540 g/mol. The molecule has 0 saturated heterocycles. The average molecular weight is 541 g/mol. The Labute approximate surface area is 234 Å². The van der Waals surface area contributed by atoms with Crippen molar-refractivity contribution < 1.29 is 9.53 Å². The van der Waals surface area contributed by atoms with Crippen molar-refractivity contribution in [1.29, 1.82) is 0 Å². The quantitative estimate of drug-likeness (QED) is 0.251. The Morgan fingerprint density at radius 2 is 1.77 bits per heavy atom. The lowest BCUT2D eigenvalue weighted by Gasteiger charge is -2.34. The van der Waals surface area contributed by atoms with Crippen LogP contribution >= 0.6 is 11.3 Å². The number of benzene rings is 1. The first-order valence-corrected chi connectivity index (χ1v) is 14.8. The molecule has 4 aromatic rings. The molecule has 0 atom stereocenters. The maximum Gasteiger partial charge on any atom is 0.348 e. The van der Waals surface area contributed by atoms with Gasteiger partial charge in [0.05, 0.1) is 12.8 Å². The number of aromatic nitrogens is 3. The summed E-state index contributed by atoms with van der Waals surface area (Å²) in [7, 11) is 3.70. The van der Waals surface area contributed by atoms with Crippen LogP contribution in [0.25, 0.3) is 32.9 Å². The molecule has 6 rings (SSSR count). The van der Waals surface area contributed by atoms with Crippen molar-refractivity contribution in [2.45, 2.75) is 52.4 Å². The number of fused-ring (bicyclic) bond motifs is 1. The van der Waals surface area contributed by atoms with Crippen LogP contribution in [0.2, 0.25) is 0 Å². The number of methoxy groups -OCH3 is 1. The van der Waals surface area contributed by atoms with Crippen molar-refractivity contribution in [2.24, 2.45) is 5.92 Å². The molecule has 0 bridgehead atoms. The fraction of sp³-hybridized carbons (Fsp3) is 0.406. The molecule has 6 nitrogen and oxygen atoms in total. The highest BCUT2D eigenvalue weighted by Gasteiger charge is 2.29. The molecule has 0 spiro atoms. The summed E-state index contributed by atoms with van der Waals surface area (Å²) in [5.74, 6) is 0.382. The number of hydrogen-bond acceptors (Lipinski definition) is 6. The minimum atomic E-state index is -0.241. The van der Waals surface area contributed by atoms with Gasteiger partial charge in [-0.15, -0.1) is 11.3 Å². The summed E-state index contributed by atoms with van der Waals surface area (Å²) in [4.78, 5) is 21.8. The molecular weight excluding hydrogens is 504 g/mol. The minimum absolute atomic E-state index is 0.241. The van der Waals surface area contributed by atoms with E-state index in [9.17, 15) is 4.79 Å². The van der Waals surface area contributed by atoms with Gasteiger partial charge in [0.2, 0.25) is 0 Å². The van der Waals surface area contributed by atoms with E-state index in [0.717, 1.165) is 68.7 Å². The molecule has 1 fully saturated rings. The standard InChI is InChI=1S/C32H36N4O2S/c1-20-16-21(2)36-30(33-20)18-28(34-36)23-10-12-24(13-11-23)29-17-26(31(39-29)32(37)38-4)25-14-15-35(3)19-27(25)22-8-6-5-7-9-22/h10-13,16-18,22H,5-9,14-15,19H2,1-4H3. The molecule has 1 aromatic carbocycles. The molecule has 0 radical (unpaired) electrons. The lowest BCUT2D eigenvalue weighted by molar-refractivity contribution is 0.0606. The SMILES string of the molecule is COC(=O)c1sc(-c2ccc(-c3cc4nc(C)cc(C)n4n3)cc2)cc1C1=C(C2CCCCC2)CN(C)CC1. The second kappa shape index (κ2) is 10.7. The Bertz CT molecular complexity index is 1560. The molecule has 39 heavy (non-hydrogen) atoms. The Hall–Kier alpha value is -3.29. The Kier molecular flexibility index (Phi) is 7.12. The van der Waals surface area contributed by atoms with Gasteiger partial charge < -0.3 is 9.64 Å². The van der Waals surface area contributed by atoms with Crippen molar-refractivity contribution in [3.05, 3.63) is 69.9 Å². The van der Waals surface area contributed by atoms with Gasteiger partial charge in [-0.05, 0) is 74.9 Å². The molecule has 1 aliphatic carbocycles. The zero-order valence-electron chi connectivity index (χ0n) is 23.3. The highest BCUT2D eigenvalue weighted by atomic mass is 32.1. The van der Waals surface area contributed by atoms with Gasteiger partial charge in [-0.2, -0.15) is 5.10 Å². The summed E-state index contributed by atoms with van der Waals surface area (Å²) in [5.41, 5.74) is 9.96. The van der Waals surface area contributed by atoms with Crippen LogP contribution in [0.4, 0.5) is 0 Å². The summed E-state index contributed by atoms with van der Waals surface area (Å²) in [6, 6.07) is 14.8. The van der Waals surface area contributed by atoms with Gasteiger partial charge in [0, 0.05) is 46.5 Å². The smallest absolute Gasteiger partial charge is 0.348 e. The van der Waals surface area contributed by atoms with Crippen molar-refractivity contribution in [3.63, 3.8) is 0 Å². The molecule has 0 unspecified atom stereocenters. The summed E-state index contributed by atoms with van der Waals surface area (Å²) in [5, 5.41) is 4.78. The van der Waals surface area contributed by atoms with Gasteiger partial charge in [0.15, 0.2) is 5.65 Å². The number of rotatable bonds is 5. The van der Waals surface area contributed by atoms with E-state index in [1.165, 1.54) is 44.8 Å². The number of ether oxygens (including phenoxy) is 1. The summed E-state index contributed by atoms with van der Waals surface area (Å²) >= 11 is 1.55. The molecule has 4 heterocycles. The van der Waals surface area contributed by atoms with Crippen LogP contribution in [-0.2, 0) is 4.74 Å². The van der Waals surface area contributed by atoms with E-state index < -0.39 is 0 Å². The summed E-state index contributed by atoms with van der Waals surface area (Å²) in [6.07, 6.45) is 7.44. The van der Waals surface area contributed by atoms with E-state index in [4.69, 9.17) is 9.84 Å². The average Bonchev–Trinajstić information content (AvgIpc) is 3.59. The van der Waals surface area contributed by atoms with Crippen molar-refractivity contribution in [1.82, 2.24) is 19.5 Å². The third-order valence-corrected chi connectivity index (χ3v) is 9.46. The molecule has 1 aliphatic heterocycles. The van der Waals surface area contributed by atoms with Crippen LogP contribution in [0, 0.1) is 19.8 Å². The van der Waals surface area contributed by atoms with Gasteiger partial charge in [-0.3, -0.25) is 0 Å². The zero-order chi connectivity index (χ0) is 27.1. The van der Waals surface area contributed by atoms with Crippen LogP contribution < -0.4 is 0 Å². The highest BCUT2D eigenvalue weighted by Crippen LogP contribution is 2.43. The van der Waals surface area contributed by atoms with E-state index in [1.54, 1.807) is 16.9 Å². The minimum Gasteiger partial charge on any atom is -0.465 e. The van der Waals surface area contributed by atoms with E-state index in [1.807, 2.05) is 30.5 Å². The maximum atomic E-state index is 13.0. The molecule has 202 valence electrons. The number of hydrogen-bond donors (Lipinski definition) is 0. The van der Waals surface area contributed by atoms with E-state index in [0.29, 0.717) is 5.92 Å². The molecule has 0 amide bonds. The Morgan fingerprint density at radius 1 is 1.03 bits per heavy atom. The fourth-order valence-corrected chi connectivity index (χ4v) is 7.41. The number of aryl methyl sites for hydroxylation is 2. The molecular formula is C32H36N4O2S. The molecule has 3 aromatic heterocycles. The number of likely N-dealkylation sites (N-methyl/N-ethyl adjacent to an activating group) is 1. The Morgan fingerprint density at radius 3 is 2.51 bits per heavy atom. The van der Waals surface area contributed by atoms with E-state index in [2.05, 4.69) is 47.3 Å². The zero-order valence-corrected chi connectivity index (χ0v) is 24.1. The fourth-order valence-electron chi connectivity index (χ4n) is 6.30. The number of carbonyl (C=O) groups excluding carboxylic acids is 1. The predicted molar refractivity (Wildman–Crippen MR) is 158 cm³/mol. The van der Waals surface area contributed by atoms with Gasteiger partial charge in [-0.1, -0.05) is 43.5 Å². The van der Waals surface area contributed by atoms with Gasteiger partial charge >= 0.3 is 5.97 Å². The summed E-state index contributed by atoms with van der Waals surface area (Å²) in [6.45, 7) is 6.06. The number of thiophene rings is 1. The van der Waals surface area contributed by atoms with Crippen molar-refractivity contribution >= 4 is 28.5 Å². The first kappa shape index (κ1) is 26.0. The first-order chi connectivity index (χ1) is 18.9. The number of carbonyl (C=O) groups is 1. The van der Waals surface area contributed by atoms with Crippen LogP contribution in [0.5, 0.6) is 0 Å². The van der Waals surface area contributed by atoms with Gasteiger partial charge in [0.1, 0.15) is 4.88 Å². The van der Waals surface area contributed by atoms with E-state index >= 15 is 0 Å². The van der Waals surface area contributed by atoms with Crippen LogP contribution in [0.1, 0.15) is 65.1 Å². The number of nitrogens with zero attached hydrogens (tertiary/aromatic N) is 4. The highest BCUT2D eigenvalue weighted by molar-refractivity contribution is 7.17. The number of esters is 1. The van der Waals surface area contributed by atoms with Gasteiger partial charge in [0.25, 0.3) is 0 Å². The van der Waals surface area contributed by atoms with Crippen LogP contribution in [-0.4, -0.2) is 52.7 Å². The van der Waals surface area contributed by atoms with Crippen LogP contribution in [0.3, 0.4) is 0 Å². The van der Waals surface area contributed by atoms with Gasteiger partial charge in [-0.25, -0.2) is 14.3 Å². The van der Waals surface area contributed by atoms with Crippen molar-refractivity contribution in [3.8, 4) is 21.7 Å². The maximum absolute atomic E-state index is 13.0. The lowest BCUT2D eigenvalue weighted by atomic mass is 9.78. The topological polar surface area (TPSA) is 59.7 Å². The Balaban J connectivity index is 1.37. The third kappa shape index (κ3) is 5.06. The molecule has 0 N–H and O–H groups in total. The molecule has 2 aliphatic rings. The van der Waals surface area contributed by atoms with Crippen LogP contribution in [0.15, 0.2) is 48.0 Å². The molecule has 1 saturated carbocycles.